The Labute approximate surface area is 168 Å². The third-order valence-electron chi connectivity index (χ3n) is 7.58. The molecule has 1 unspecified atom stereocenters. The molecule has 4 nitrogen and oxygen atoms in total. The summed E-state index contributed by atoms with van der Waals surface area (Å²) in [6, 6.07) is 9.24. The normalized spacial score (nSPS) is 32.7. The minimum Gasteiger partial charge on any atom is -0.255 e. The van der Waals surface area contributed by atoms with E-state index in [2.05, 4.69) is 16.6 Å². The van der Waals surface area contributed by atoms with Crippen LogP contribution in [0.15, 0.2) is 41.4 Å². The second-order valence-electron chi connectivity index (χ2n) is 9.57. The summed E-state index contributed by atoms with van der Waals surface area (Å²) >= 11 is 0. The number of para-hydroxylation sites is 1. The summed E-state index contributed by atoms with van der Waals surface area (Å²) < 4.78 is 30.1. The van der Waals surface area contributed by atoms with Gasteiger partial charge in [-0.05, 0) is 80.2 Å². The van der Waals surface area contributed by atoms with E-state index in [1.165, 1.54) is 38.5 Å². The second kappa shape index (κ2) is 6.81. The van der Waals surface area contributed by atoms with Crippen LogP contribution in [0.25, 0.3) is 10.9 Å². The highest BCUT2D eigenvalue weighted by molar-refractivity contribution is 7.89. The third-order valence-corrected chi connectivity index (χ3v) is 9.09. The quantitative estimate of drug-likeness (QED) is 0.753. The van der Waals surface area contributed by atoms with Gasteiger partial charge >= 0.3 is 0 Å². The maximum atomic E-state index is 13.5. The number of sulfonamides is 1. The molecule has 4 aliphatic carbocycles. The highest BCUT2D eigenvalue weighted by Crippen LogP contribution is 2.61. The van der Waals surface area contributed by atoms with Crippen LogP contribution in [0.4, 0.5) is 0 Å². The number of rotatable bonds is 6. The zero-order valence-electron chi connectivity index (χ0n) is 16.6. The Balaban J connectivity index is 1.50. The molecule has 6 rings (SSSR count). The van der Waals surface area contributed by atoms with Gasteiger partial charge in [-0.2, -0.15) is 0 Å². The molecular weight excluding hydrogens is 368 g/mol. The van der Waals surface area contributed by atoms with Crippen LogP contribution in [0.1, 0.15) is 58.3 Å². The Kier molecular flexibility index (Phi) is 4.51. The fourth-order valence-corrected chi connectivity index (χ4v) is 8.48. The maximum absolute atomic E-state index is 13.5. The number of aromatic nitrogens is 1. The molecule has 2 aromatic rings. The molecule has 28 heavy (non-hydrogen) atoms. The predicted molar refractivity (Wildman–Crippen MR) is 111 cm³/mol. The number of fused-ring (bicyclic) bond motifs is 1. The molecule has 0 spiro atoms. The molecule has 0 amide bonds. The van der Waals surface area contributed by atoms with Crippen molar-refractivity contribution in [3.05, 3.63) is 36.5 Å². The van der Waals surface area contributed by atoms with Gasteiger partial charge in [0.2, 0.25) is 10.0 Å². The van der Waals surface area contributed by atoms with Crippen LogP contribution >= 0.6 is 0 Å². The Bertz CT molecular complexity index is 944. The number of nitrogens with one attached hydrogen (secondary N) is 1. The first-order valence-electron chi connectivity index (χ1n) is 10.9. The summed E-state index contributed by atoms with van der Waals surface area (Å²) in [5, 5.41) is 0.868. The maximum Gasteiger partial charge on any atom is 0.243 e. The Hall–Kier alpha value is -1.46. The molecule has 4 bridgehead atoms. The SMILES string of the molecule is CCCC(NS(=O)(=O)c1cccc2cccnc12)C12CC3CC(CC(C3)C1)C2. The largest absolute Gasteiger partial charge is 0.255 e. The lowest BCUT2D eigenvalue weighted by atomic mass is 9.47. The number of benzene rings is 1. The molecule has 5 heteroatoms. The van der Waals surface area contributed by atoms with E-state index < -0.39 is 10.0 Å². The van der Waals surface area contributed by atoms with E-state index in [0.29, 0.717) is 10.4 Å². The molecule has 1 aromatic carbocycles. The molecule has 0 aliphatic heterocycles. The van der Waals surface area contributed by atoms with Crippen molar-refractivity contribution in [2.24, 2.45) is 23.2 Å². The number of hydrogen-bond donors (Lipinski definition) is 1. The summed E-state index contributed by atoms with van der Waals surface area (Å²) in [6.45, 7) is 2.17. The Morgan fingerprint density at radius 1 is 1.07 bits per heavy atom. The zero-order valence-corrected chi connectivity index (χ0v) is 17.4. The topological polar surface area (TPSA) is 59.1 Å². The molecule has 0 saturated heterocycles. The van der Waals surface area contributed by atoms with Crippen LogP contribution in [-0.4, -0.2) is 19.4 Å². The third kappa shape index (κ3) is 3.07. The van der Waals surface area contributed by atoms with Gasteiger partial charge in [-0.15, -0.1) is 0 Å². The average molecular weight is 399 g/mol. The summed E-state index contributed by atoms with van der Waals surface area (Å²) in [5.41, 5.74) is 0.730. The first-order valence-corrected chi connectivity index (χ1v) is 12.3. The lowest BCUT2D eigenvalue weighted by molar-refractivity contribution is -0.0712. The van der Waals surface area contributed by atoms with Crippen molar-refractivity contribution in [1.82, 2.24) is 9.71 Å². The molecule has 1 atom stereocenters. The van der Waals surface area contributed by atoms with Crippen LogP contribution in [0, 0.1) is 23.2 Å². The minimum absolute atomic E-state index is 0.0369. The summed E-state index contributed by atoms with van der Waals surface area (Å²) in [7, 11) is -3.61. The fourth-order valence-electron chi connectivity index (χ4n) is 6.93. The lowest BCUT2D eigenvalue weighted by Crippen LogP contribution is -2.56. The standard InChI is InChI=1S/C23H30N2O2S/c1-2-5-21(23-13-16-10-17(14-23)12-18(11-16)15-23)25-28(26,27)20-8-3-6-19-7-4-9-24-22(19)20/h3-4,6-9,16-18,21,25H,2,5,10-15H2,1H3. The minimum atomic E-state index is -3.61. The molecule has 4 aliphatic rings. The smallest absolute Gasteiger partial charge is 0.243 e. The van der Waals surface area contributed by atoms with Gasteiger partial charge in [-0.3, -0.25) is 4.98 Å². The van der Waals surface area contributed by atoms with E-state index in [1.807, 2.05) is 24.3 Å². The van der Waals surface area contributed by atoms with Gasteiger partial charge in [-0.25, -0.2) is 13.1 Å². The monoisotopic (exact) mass is 398 g/mol. The highest BCUT2D eigenvalue weighted by Gasteiger charge is 2.54. The summed E-state index contributed by atoms with van der Waals surface area (Å²) in [5.74, 6) is 2.44. The van der Waals surface area contributed by atoms with Gasteiger partial charge in [0.15, 0.2) is 0 Å². The van der Waals surface area contributed by atoms with Crippen molar-refractivity contribution < 1.29 is 8.42 Å². The highest BCUT2D eigenvalue weighted by atomic mass is 32.2. The predicted octanol–water partition coefficient (Wildman–Crippen LogP) is 4.90. The molecule has 1 aromatic heterocycles. The van der Waals surface area contributed by atoms with Crippen LogP contribution < -0.4 is 4.72 Å². The van der Waals surface area contributed by atoms with Crippen LogP contribution in [0.5, 0.6) is 0 Å². The van der Waals surface area contributed by atoms with Crippen molar-refractivity contribution in [2.75, 3.05) is 0 Å². The number of hydrogen-bond acceptors (Lipinski definition) is 3. The van der Waals surface area contributed by atoms with E-state index in [4.69, 9.17) is 0 Å². The first kappa shape index (κ1) is 18.6. The van der Waals surface area contributed by atoms with E-state index >= 15 is 0 Å². The summed E-state index contributed by atoms with van der Waals surface area (Å²) in [4.78, 5) is 4.69. The van der Waals surface area contributed by atoms with Crippen molar-refractivity contribution in [3.8, 4) is 0 Å². The second-order valence-corrected chi connectivity index (χ2v) is 11.3. The molecule has 150 valence electrons. The summed E-state index contributed by atoms with van der Waals surface area (Å²) in [6.07, 6.45) is 11.3. The van der Waals surface area contributed by atoms with Gasteiger partial charge < -0.3 is 0 Å². The molecule has 1 heterocycles. The Morgan fingerprint density at radius 2 is 1.71 bits per heavy atom. The lowest BCUT2D eigenvalue weighted by Gasteiger charge is -2.59. The van der Waals surface area contributed by atoms with Gasteiger partial charge in [0.1, 0.15) is 4.90 Å². The molecular formula is C23H30N2O2S. The zero-order chi connectivity index (χ0) is 19.4. The van der Waals surface area contributed by atoms with Crippen molar-refractivity contribution >= 4 is 20.9 Å². The van der Waals surface area contributed by atoms with E-state index in [-0.39, 0.29) is 11.5 Å². The number of pyridine rings is 1. The Morgan fingerprint density at radius 3 is 2.36 bits per heavy atom. The first-order chi connectivity index (χ1) is 13.5. The molecule has 0 radical (unpaired) electrons. The van der Waals surface area contributed by atoms with Crippen LogP contribution in [0.2, 0.25) is 0 Å². The molecule has 4 fully saturated rings. The van der Waals surface area contributed by atoms with Crippen molar-refractivity contribution in [3.63, 3.8) is 0 Å². The van der Waals surface area contributed by atoms with Crippen LogP contribution in [0.3, 0.4) is 0 Å². The van der Waals surface area contributed by atoms with E-state index in [1.54, 1.807) is 12.3 Å². The van der Waals surface area contributed by atoms with E-state index in [0.717, 1.165) is 36.0 Å². The van der Waals surface area contributed by atoms with Gasteiger partial charge in [0, 0.05) is 17.6 Å². The van der Waals surface area contributed by atoms with Crippen molar-refractivity contribution in [1.29, 1.82) is 0 Å². The van der Waals surface area contributed by atoms with E-state index in [9.17, 15) is 8.42 Å². The van der Waals surface area contributed by atoms with Gasteiger partial charge in [0.05, 0.1) is 5.52 Å². The van der Waals surface area contributed by atoms with Crippen LogP contribution in [-0.2, 0) is 10.0 Å². The fraction of sp³-hybridized carbons (Fsp3) is 0.609. The van der Waals surface area contributed by atoms with Crippen molar-refractivity contribution in [2.45, 2.75) is 69.2 Å². The average Bonchev–Trinajstić information content (AvgIpc) is 2.66. The molecule has 4 saturated carbocycles. The van der Waals surface area contributed by atoms with Gasteiger partial charge in [0.25, 0.3) is 0 Å². The number of nitrogens with zero attached hydrogens (tertiary/aromatic N) is 1. The van der Waals surface area contributed by atoms with Gasteiger partial charge in [-0.1, -0.05) is 31.5 Å². The molecule has 1 N–H and O–H groups in total.